The average molecular weight is 484 g/mol. The van der Waals surface area contributed by atoms with Crippen LogP contribution < -0.4 is 9.47 Å². The van der Waals surface area contributed by atoms with Crippen LogP contribution in [0.4, 0.5) is 0 Å². The molecule has 0 N–H and O–H groups in total. The quantitative estimate of drug-likeness (QED) is 0.318. The summed E-state index contributed by atoms with van der Waals surface area (Å²) >= 11 is 8.71. The standard InChI is InChI=1S/C19H16Br2O3S/c1-23-12-9-7-11(8-10-12)16(20)17(21)18(22)15-13-5-3-4-6-14(13)25-19(15)24-2/h3-10,16-17H,1-2H3. The third-order valence-corrected chi connectivity index (χ3v) is 7.78. The summed E-state index contributed by atoms with van der Waals surface area (Å²) in [6.45, 7) is 0. The lowest BCUT2D eigenvalue weighted by molar-refractivity contribution is 0.0990. The number of fused-ring (bicyclic) bond motifs is 1. The first-order chi connectivity index (χ1) is 12.1. The summed E-state index contributed by atoms with van der Waals surface area (Å²) in [6.07, 6.45) is 0. The van der Waals surface area contributed by atoms with Gasteiger partial charge in [-0.05, 0) is 23.8 Å². The van der Waals surface area contributed by atoms with Crippen LogP contribution in [-0.4, -0.2) is 24.8 Å². The molecule has 2 unspecified atom stereocenters. The van der Waals surface area contributed by atoms with E-state index in [1.54, 1.807) is 14.2 Å². The predicted molar refractivity (Wildman–Crippen MR) is 110 cm³/mol. The summed E-state index contributed by atoms with van der Waals surface area (Å²) in [4.78, 5) is 12.6. The van der Waals surface area contributed by atoms with E-state index in [0.29, 0.717) is 10.6 Å². The summed E-state index contributed by atoms with van der Waals surface area (Å²) < 4.78 is 11.7. The minimum atomic E-state index is -0.423. The van der Waals surface area contributed by atoms with Crippen LogP contribution in [0.15, 0.2) is 48.5 Å². The zero-order valence-corrected chi connectivity index (χ0v) is 17.7. The van der Waals surface area contributed by atoms with Gasteiger partial charge in [-0.2, -0.15) is 0 Å². The highest BCUT2D eigenvalue weighted by atomic mass is 79.9. The molecule has 3 nitrogen and oxygen atoms in total. The molecular formula is C19H16Br2O3S. The van der Waals surface area contributed by atoms with Gasteiger partial charge in [0.15, 0.2) is 10.8 Å². The Balaban J connectivity index is 1.94. The minimum Gasteiger partial charge on any atom is -0.497 e. The lowest BCUT2D eigenvalue weighted by Gasteiger charge is -2.17. The van der Waals surface area contributed by atoms with E-state index in [1.807, 2.05) is 48.5 Å². The molecule has 1 aromatic heterocycles. The summed E-state index contributed by atoms with van der Waals surface area (Å²) in [6, 6.07) is 15.5. The SMILES string of the molecule is COc1ccc(C(Br)C(Br)C(=O)c2c(OC)sc3ccccc23)cc1. The van der Waals surface area contributed by atoms with E-state index >= 15 is 0 Å². The fourth-order valence-electron chi connectivity index (χ4n) is 2.63. The first-order valence-electron chi connectivity index (χ1n) is 7.58. The number of ether oxygens (including phenoxy) is 2. The molecule has 0 aliphatic heterocycles. The maximum absolute atomic E-state index is 13.2. The number of hydrogen-bond donors (Lipinski definition) is 0. The molecule has 0 amide bonds. The fourth-order valence-corrected chi connectivity index (χ4v) is 4.73. The first-order valence-corrected chi connectivity index (χ1v) is 10.2. The van der Waals surface area contributed by atoms with E-state index in [1.165, 1.54) is 11.3 Å². The summed E-state index contributed by atoms with van der Waals surface area (Å²) in [5.41, 5.74) is 1.62. The van der Waals surface area contributed by atoms with E-state index in [-0.39, 0.29) is 10.6 Å². The number of alkyl halides is 2. The normalized spacial score (nSPS) is 13.4. The number of hydrogen-bond acceptors (Lipinski definition) is 4. The molecule has 0 aliphatic rings. The van der Waals surface area contributed by atoms with Gasteiger partial charge >= 0.3 is 0 Å². The van der Waals surface area contributed by atoms with Gasteiger partial charge in [-0.15, -0.1) is 0 Å². The van der Waals surface area contributed by atoms with Gasteiger partial charge < -0.3 is 9.47 Å². The number of ketones is 1. The van der Waals surface area contributed by atoms with Gasteiger partial charge in [0.2, 0.25) is 0 Å². The molecule has 3 rings (SSSR count). The van der Waals surface area contributed by atoms with Crippen molar-refractivity contribution in [2.45, 2.75) is 9.65 Å². The van der Waals surface area contributed by atoms with Crippen molar-refractivity contribution in [3.05, 3.63) is 59.7 Å². The van der Waals surface area contributed by atoms with Gasteiger partial charge in [0, 0.05) is 10.1 Å². The molecule has 0 saturated heterocycles. The van der Waals surface area contributed by atoms with Gasteiger partial charge in [0.25, 0.3) is 0 Å². The van der Waals surface area contributed by atoms with E-state index in [4.69, 9.17) is 9.47 Å². The molecule has 0 saturated carbocycles. The summed E-state index contributed by atoms with van der Waals surface area (Å²) in [5, 5.41) is 1.57. The van der Waals surface area contributed by atoms with Crippen LogP contribution >= 0.6 is 43.2 Å². The monoisotopic (exact) mass is 482 g/mol. The Morgan fingerprint density at radius 2 is 1.68 bits per heavy atom. The number of Topliss-reactive ketones (excluding diaryl/α,β-unsaturated/α-hetero) is 1. The number of benzene rings is 2. The second kappa shape index (κ2) is 7.89. The smallest absolute Gasteiger partial charge is 0.185 e. The zero-order valence-electron chi connectivity index (χ0n) is 13.7. The van der Waals surface area contributed by atoms with E-state index in [0.717, 1.165) is 21.4 Å². The molecule has 2 atom stereocenters. The van der Waals surface area contributed by atoms with Crippen LogP contribution in [-0.2, 0) is 0 Å². The highest BCUT2D eigenvalue weighted by Crippen LogP contribution is 2.42. The second-order valence-corrected chi connectivity index (χ2v) is 8.39. The molecule has 0 aliphatic carbocycles. The van der Waals surface area contributed by atoms with Crippen molar-refractivity contribution >= 4 is 59.1 Å². The Morgan fingerprint density at radius 3 is 2.32 bits per heavy atom. The summed E-state index contributed by atoms with van der Waals surface area (Å²) in [7, 11) is 3.23. The Hall–Kier alpha value is -1.37. The van der Waals surface area contributed by atoms with Crippen molar-refractivity contribution in [2.24, 2.45) is 0 Å². The number of carbonyl (C=O) groups is 1. The van der Waals surface area contributed by atoms with Crippen molar-refractivity contribution in [2.75, 3.05) is 14.2 Å². The van der Waals surface area contributed by atoms with Crippen LogP contribution in [0.2, 0.25) is 0 Å². The molecule has 2 aromatic carbocycles. The zero-order chi connectivity index (χ0) is 18.0. The van der Waals surface area contributed by atoms with Crippen LogP contribution in [0.5, 0.6) is 10.8 Å². The number of thiophene rings is 1. The van der Waals surface area contributed by atoms with Gasteiger partial charge in [-0.3, -0.25) is 4.79 Å². The number of methoxy groups -OCH3 is 2. The molecule has 0 bridgehead atoms. The first kappa shape index (κ1) is 18.4. The number of halogens is 2. The molecule has 25 heavy (non-hydrogen) atoms. The fraction of sp³-hybridized carbons (Fsp3) is 0.211. The lowest BCUT2D eigenvalue weighted by atomic mass is 10.0. The van der Waals surface area contributed by atoms with Gasteiger partial charge in [-0.1, -0.05) is 73.5 Å². The molecule has 6 heteroatoms. The topological polar surface area (TPSA) is 35.5 Å². The molecule has 1 heterocycles. The van der Waals surface area contributed by atoms with Crippen LogP contribution in [0.25, 0.3) is 10.1 Å². The van der Waals surface area contributed by atoms with Gasteiger partial charge in [0.1, 0.15) is 5.75 Å². The van der Waals surface area contributed by atoms with Gasteiger partial charge in [0.05, 0.1) is 29.4 Å². The predicted octanol–water partition coefficient (Wildman–Crippen LogP) is 6.00. The molecule has 0 radical (unpaired) electrons. The lowest BCUT2D eigenvalue weighted by Crippen LogP contribution is -2.19. The number of rotatable bonds is 6. The molecular weight excluding hydrogens is 468 g/mol. The second-order valence-electron chi connectivity index (χ2n) is 5.41. The molecule has 130 valence electrons. The molecule has 3 aromatic rings. The Morgan fingerprint density at radius 1 is 1.00 bits per heavy atom. The van der Waals surface area contributed by atoms with E-state index < -0.39 is 4.83 Å². The highest BCUT2D eigenvalue weighted by molar-refractivity contribution is 9.12. The average Bonchev–Trinajstić information content (AvgIpc) is 3.05. The van der Waals surface area contributed by atoms with Crippen LogP contribution in [0.1, 0.15) is 20.7 Å². The molecule has 0 fully saturated rings. The minimum absolute atomic E-state index is 0.00741. The van der Waals surface area contributed by atoms with Gasteiger partial charge in [-0.25, -0.2) is 0 Å². The van der Waals surface area contributed by atoms with E-state index in [2.05, 4.69) is 31.9 Å². The largest absolute Gasteiger partial charge is 0.497 e. The molecule has 0 spiro atoms. The third kappa shape index (κ3) is 3.61. The third-order valence-electron chi connectivity index (χ3n) is 3.94. The maximum atomic E-state index is 13.2. The van der Waals surface area contributed by atoms with Crippen molar-refractivity contribution in [1.29, 1.82) is 0 Å². The van der Waals surface area contributed by atoms with E-state index in [9.17, 15) is 4.79 Å². The van der Waals surface area contributed by atoms with Crippen molar-refractivity contribution in [3.63, 3.8) is 0 Å². The Kier molecular flexibility index (Phi) is 5.81. The number of carbonyl (C=O) groups excluding carboxylic acids is 1. The van der Waals surface area contributed by atoms with Crippen molar-refractivity contribution in [3.8, 4) is 10.8 Å². The summed E-state index contributed by atoms with van der Waals surface area (Å²) in [5.74, 6) is 0.776. The highest BCUT2D eigenvalue weighted by Gasteiger charge is 2.30. The Bertz CT molecular complexity index is 889. The van der Waals surface area contributed by atoms with Crippen molar-refractivity contribution in [1.82, 2.24) is 0 Å². The maximum Gasteiger partial charge on any atom is 0.185 e. The van der Waals surface area contributed by atoms with Crippen molar-refractivity contribution < 1.29 is 14.3 Å². The van der Waals surface area contributed by atoms with Crippen LogP contribution in [0, 0.1) is 0 Å². The van der Waals surface area contributed by atoms with Crippen LogP contribution in [0.3, 0.4) is 0 Å². The Labute approximate surface area is 167 Å².